The van der Waals surface area contributed by atoms with E-state index < -0.39 is 5.60 Å². The molecule has 1 aromatic carbocycles. The summed E-state index contributed by atoms with van der Waals surface area (Å²) in [6.45, 7) is 8.53. The molecule has 6 nitrogen and oxygen atoms in total. The van der Waals surface area contributed by atoms with Crippen LogP contribution in [0.5, 0.6) is 0 Å². The highest BCUT2D eigenvalue weighted by molar-refractivity contribution is 9.09. The largest absolute Gasteiger partial charge is 0.462 e. The van der Waals surface area contributed by atoms with E-state index in [0.29, 0.717) is 22.9 Å². The Kier molecular flexibility index (Phi) is 8.16. The Labute approximate surface area is 175 Å². The number of nitrogens with one attached hydrogen (secondary N) is 2. The first kappa shape index (κ1) is 22.5. The summed E-state index contributed by atoms with van der Waals surface area (Å²) in [4.78, 5) is 24.1. The summed E-state index contributed by atoms with van der Waals surface area (Å²) in [7, 11) is 0. The second kappa shape index (κ2) is 10.1. The number of carbonyl (C=O) groups excluding carboxylic acids is 2. The van der Waals surface area contributed by atoms with Gasteiger partial charge in [0.1, 0.15) is 5.60 Å². The molecule has 0 heterocycles. The molecule has 1 amide bonds. The maximum absolute atomic E-state index is 12.0. The molecule has 3 atom stereocenters. The average molecular weight is 455 g/mol. The third-order valence-corrected chi connectivity index (χ3v) is 5.69. The van der Waals surface area contributed by atoms with Crippen LogP contribution in [-0.2, 0) is 9.47 Å². The monoisotopic (exact) mass is 454 g/mol. The van der Waals surface area contributed by atoms with Crippen LogP contribution in [0.25, 0.3) is 0 Å². The van der Waals surface area contributed by atoms with E-state index >= 15 is 0 Å². The predicted molar refractivity (Wildman–Crippen MR) is 114 cm³/mol. The van der Waals surface area contributed by atoms with Gasteiger partial charge in [0.15, 0.2) is 0 Å². The molecule has 2 rings (SSSR count). The lowest BCUT2D eigenvalue weighted by atomic mass is 9.86. The van der Waals surface area contributed by atoms with E-state index in [1.807, 2.05) is 39.0 Å². The van der Waals surface area contributed by atoms with Crippen molar-refractivity contribution in [3.05, 3.63) is 29.8 Å². The third kappa shape index (κ3) is 7.34. The molecule has 0 radical (unpaired) electrons. The zero-order valence-corrected chi connectivity index (χ0v) is 18.7. The van der Waals surface area contributed by atoms with Crippen LogP contribution in [0.2, 0.25) is 0 Å². The molecule has 0 saturated heterocycles. The normalized spacial score (nSPS) is 22.2. The number of benzene rings is 1. The molecule has 0 aliphatic heterocycles. The minimum absolute atomic E-state index is 0.114. The summed E-state index contributed by atoms with van der Waals surface area (Å²) in [6.07, 6.45) is 2.40. The maximum Gasteiger partial charge on any atom is 0.407 e. The number of anilines is 1. The van der Waals surface area contributed by atoms with Crippen molar-refractivity contribution in [1.82, 2.24) is 5.32 Å². The molecule has 0 spiro atoms. The van der Waals surface area contributed by atoms with E-state index in [4.69, 9.17) is 9.47 Å². The van der Waals surface area contributed by atoms with Crippen molar-refractivity contribution < 1.29 is 19.1 Å². The van der Waals surface area contributed by atoms with Crippen LogP contribution in [0.4, 0.5) is 10.5 Å². The highest BCUT2D eigenvalue weighted by Crippen LogP contribution is 2.31. The number of hydrogen-bond acceptors (Lipinski definition) is 5. The van der Waals surface area contributed by atoms with Crippen LogP contribution in [0.3, 0.4) is 0 Å². The first-order valence-electron chi connectivity index (χ1n) is 9.82. The van der Waals surface area contributed by atoms with E-state index in [9.17, 15) is 9.59 Å². The Morgan fingerprint density at radius 3 is 2.64 bits per heavy atom. The lowest BCUT2D eigenvalue weighted by Crippen LogP contribution is -2.44. The summed E-state index contributed by atoms with van der Waals surface area (Å²) in [6, 6.07) is 7.48. The van der Waals surface area contributed by atoms with E-state index in [0.717, 1.165) is 31.5 Å². The number of halogens is 1. The van der Waals surface area contributed by atoms with Crippen LogP contribution >= 0.6 is 15.9 Å². The molecule has 0 bridgehead atoms. The standard InChI is InChI=1S/C21H31BrN2O4/c1-5-27-19(25)14-7-6-8-16(11-14)23-13-15-9-10-17(12-18(15)22)24-20(26)28-21(2,3)4/h6-8,11,15,17-18,23H,5,9-10,12-13H2,1-4H3,(H,24,26)/t15-,17-,18-/m1/s1. The first-order valence-corrected chi connectivity index (χ1v) is 10.7. The van der Waals surface area contributed by atoms with Gasteiger partial charge in [0.05, 0.1) is 12.2 Å². The first-order chi connectivity index (χ1) is 13.2. The SMILES string of the molecule is CCOC(=O)c1cccc(NC[C@H]2CC[C@@H](NC(=O)OC(C)(C)C)C[C@H]2Br)c1. The van der Waals surface area contributed by atoms with Crippen LogP contribution in [0.1, 0.15) is 57.3 Å². The molecule has 1 fully saturated rings. The van der Waals surface area contributed by atoms with Gasteiger partial charge in [0.2, 0.25) is 0 Å². The summed E-state index contributed by atoms with van der Waals surface area (Å²) in [5.74, 6) is 0.126. The minimum Gasteiger partial charge on any atom is -0.462 e. The summed E-state index contributed by atoms with van der Waals surface area (Å²) < 4.78 is 10.4. The molecular weight excluding hydrogens is 424 g/mol. The summed E-state index contributed by atoms with van der Waals surface area (Å²) >= 11 is 3.77. The van der Waals surface area contributed by atoms with Crippen molar-refractivity contribution in [3.63, 3.8) is 0 Å². The van der Waals surface area contributed by atoms with E-state index in [1.54, 1.807) is 13.0 Å². The fourth-order valence-electron chi connectivity index (χ4n) is 3.23. The lowest BCUT2D eigenvalue weighted by molar-refractivity contribution is 0.0487. The van der Waals surface area contributed by atoms with Crippen LogP contribution in [0.15, 0.2) is 24.3 Å². The molecule has 1 aliphatic rings. The predicted octanol–water partition coefficient (Wildman–Crippen LogP) is 4.73. The molecular formula is C21H31BrN2O4. The molecule has 2 N–H and O–H groups in total. The molecule has 0 unspecified atom stereocenters. The second-order valence-electron chi connectivity index (χ2n) is 8.11. The number of alkyl carbamates (subject to hydrolysis) is 1. The van der Waals surface area contributed by atoms with Gasteiger partial charge in [-0.15, -0.1) is 0 Å². The fraction of sp³-hybridized carbons (Fsp3) is 0.619. The smallest absolute Gasteiger partial charge is 0.407 e. The van der Waals surface area contributed by atoms with E-state index in [1.165, 1.54) is 0 Å². The second-order valence-corrected chi connectivity index (χ2v) is 9.29. The van der Waals surface area contributed by atoms with E-state index in [2.05, 4.69) is 26.6 Å². The number of ether oxygens (including phenoxy) is 2. The highest BCUT2D eigenvalue weighted by atomic mass is 79.9. The molecule has 1 aliphatic carbocycles. The van der Waals surface area contributed by atoms with Crippen molar-refractivity contribution in [3.8, 4) is 0 Å². The number of alkyl halides is 1. The van der Waals surface area contributed by atoms with Gasteiger partial charge in [-0.1, -0.05) is 22.0 Å². The van der Waals surface area contributed by atoms with Gasteiger partial charge in [-0.3, -0.25) is 0 Å². The van der Waals surface area contributed by atoms with Crippen molar-refractivity contribution in [2.24, 2.45) is 5.92 Å². The Hall–Kier alpha value is -1.76. The molecule has 156 valence electrons. The molecule has 28 heavy (non-hydrogen) atoms. The molecule has 7 heteroatoms. The Balaban J connectivity index is 1.82. The Morgan fingerprint density at radius 2 is 2.00 bits per heavy atom. The number of amides is 1. The Bertz CT molecular complexity index is 675. The quantitative estimate of drug-likeness (QED) is 0.479. The summed E-state index contributed by atoms with van der Waals surface area (Å²) in [5, 5.41) is 6.39. The van der Waals surface area contributed by atoms with E-state index in [-0.39, 0.29) is 18.1 Å². The van der Waals surface area contributed by atoms with Gasteiger partial charge in [-0.25, -0.2) is 9.59 Å². The van der Waals surface area contributed by atoms with Crippen LogP contribution in [-0.4, -0.2) is 41.7 Å². The zero-order chi connectivity index (χ0) is 20.7. The molecule has 1 aromatic rings. The van der Waals surface area contributed by atoms with Crippen molar-refractivity contribution in [2.45, 2.75) is 63.4 Å². The highest BCUT2D eigenvalue weighted by Gasteiger charge is 2.30. The average Bonchev–Trinajstić information content (AvgIpc) is 2.60. The van der Waals surface area contributed by atoms with Gasteiger partial charge in [0.25, 0.3) is 0 Å². The lowest BCUT2D eigenvalue weighted by Gasteiger charge is -2.34. The van der Waals surface area contributed by atoms with Crippen molar-refractivity contribution in [1.29, 1.82) is 0 Å². The maximum atomic E-state index is 12.0. The zero-order valence-electron chi connectivity index (χ0n) is 17.1. The topological polar surface area (TPSA) is 76.7 Å². The van der Waals surface area contributed by atoms with Crippen molar-refractivity contribution in [2.75, 3.05) is 18.5 Å². The van der Waals surface area contributed by atoms with Crippen LogP contribution in [0, 0.1) is 5.92 Å². The van der Waals surface area contributed by atoms with Crippen LogP contribution < -0.4 is 10.6 Å². The summed E-state index contributed by atoms with van der Waals surface area (Å²) in [5.41, 5.74) is 0.962. The van der Waals surface area contributed by atoms with Gasteiger partial charge in [-0.05, 0) is 71.1 Å². The van der Waals surface area contributed by atoms with Crippen molar-refractivity contribution >= 4 is 33.7 Å². The van der Waals surface area contributed by atoms with Gasteiger partial charge in [0, 0.05) is 23.1 Å². The Morgan fingerprint density at radius 1 is 1.25 bits per heavy atom. The van der Waals surface area contributed by atoms with Gasteiger partial charge >= 0.3 is 12.1 Å². The minimum atomic E-state index is -0.489. The fourth-order valence-corrected chi connectivity index (χ4v) is 4.14. The number of hydrogen-bond donors (Lipinski definition) is 2. The number of esters is 1. The van der Waals surface area contributed by atoms with Gasteiger partial charge in [-0.2, -0.15) is 0 Å². The number of rotatable bonds is 6. The molecule has 0 aromatic heterocycles. The molecule has 1 saturated carbocycles. The number of carbonyl (C=O) groups is 2. The van der Waals surface area contributed by atoms with Gasteiger partial charge < -0.3 is 20.1 Å². The third-order valence-electron chi connectivity index (χ3n) is 4.57.